The second kappa shape index (κ2) is 8.66. The maximum Gasteiger partial charge on any atom is 0.345 e. The van der Waals surface area contributed by atoms with Crippen LogP contribution in [-0.4, -0.2) is 41.5 Å². The summed E-state index contributed by atoms with van der Waals surface area (Å²) in [6.45, 7) is 3.48. The van der Waals surface area contributed by atoms with Crippen LogP contribution in [0.15, 0.2) is 41.3 Å². The van der Waals surface area contributed by atoms with Gasteiger partial charge in [0, 0.05) is 35.7 Å². The summed E-state index contributed by atoms with van der Waals surface area (Å²) in [7, 11) is 0. The number of ketones is 1. The van der Waals surface area contributed by atoms with Crippen LogP contribution >= 0.6 is 11.8 Å². The van der Waals surface area contributed by atoms with Gasteiger partial charge in [0.25, 0.3) is 5.69 Å². The Balaban J connectivity index is 1.79. The van der Waals surface area contributed by atoms with Crippen molar-refractivity contribution in [2.75, 3.05) is 17.7 Å². The number of fused-ring (bicyclic) bond motifs is 1. The standard InChI is InChI=1S/C21H20N2O6S/c1-12(29-21(26)17-11-16(30-3)5-7-19(17)23(27)28)20(25)15-4-6-18-14(10-15)8-9-22(18)13(2)24/h4-7,10-12H,8-9H2,1-3H3. The third-order valence-electron chi connectivity index (χ3n) is 4.91. The number of carbonyl (C=O) groups is 3. The van der Waals surface area contributed by atoms with Gasteiger partial charge in [-0.15, -0.1) is 11.8 Å². The molecule has 0 bridgehead atoms. The molecule has 1 heterocycles. The largest absolute Gasteiger partial charge is 0.450 e. The van der Waals surface area contributed by atoms with Crippen LogP contribution in [0.4, 0.5) is 11.4 Å². The van der Waals surface area contributed by atoms with Crippen LogP contribution in [0.5, 0.6) is 0 Å². The Bertz CT molecular complexity index is 1050. The average Bonchev–Trinajstić information content (AvgIpc) is 3.16. The zero-order valence-electron chi connectivity index (χ0n) is 16.7. The molecule has 1 amide bonds. The van der Waals surface area contributed by atoms with E-state index in [9.17, 15) is 24.5 Å². The Morgan fingerprint density at radius 3 is 2.57 bits per heavy atom. The van der Waals surface area contributed by atoms with Crippen LogP contribution < -0.4 is 4.90 Å². The SMILES string of the molecule is CSc1ccc([N+](=O)[O-])c(C(=O)OC(C)C(=O)c2ccc3c(c2)CCN3C(C)=O)c1. The van der Waals surface area contributed by atoms with E-state index in [0.29, 0.717) is 23.4 Å². The van der Waals surface area contributed by atoms with E-state index in [1.165, 1.54) is 37.7 Å². The lowest BCUT2D eigenvalue weighted by Gasteiger charge is -2.16. The molecule has 0 saturated heterocycles. The lowest BCUT2D eigenvalue weighted by Crippen LogP contribution is -2.26. The monoisotopic (exact) mass is 428 g/mol. The first-order valence-electron chi connectivity index (χ1n) is 9.21. The molecule has 8 nitrogen and oxygen atoms in total. The van der Waals surface area contributed by atoms with E-state index in [-0.39, 0.29) is 17.2 Å². The fraction of sp³-hybridized carbons (Fsp3) is 0.286. The Kier molecular flexibility index (Phi) is 6.21. The van der Waals surface area contributed by atoms with Gasteiger partial charge in [-0.25, -0.2) is 4.79 Å². The predicted molar refractivity (Wildman–Crippen MR) is 112 cm³/mol. The van der Waals surface area contributed by atoms with Gasteiger partial charge in [0.15, 0.2) is 6.10 Å². The molecule has 2 aromatic carbocycles. The quantitative estimate of drug-likeness (QED) is 0.227. The maximum absolute atomic E-state index is 12.8. The second-order valence-corrected chi connectivity index (χ2v) is 7.70. The number of rotatable bonds is 6. The molecular weight excluding hydrogens is 408 g/mol. The van der Waals surface area contributed by atoms with E-state index in [1.807, 2.05) is 0 Å². The van der Waals surface area contributed by atoms with Gasteiger partial charge in [-0.05, 0) is 55.5 Å². The molecule has 3 rings (SSSR count). The summed E-state index contributed by atoms with van der Waals surface area (Å²) in [5.41, 5.74) is 1.43. The fourth-order valence-corrected chi connectivity index (χ4v) is 3.80. The van der Waals surface area contributed by atoms with Crippen molar-refractivity contribution >= 4 is 40.8 Å². The molecular formula is C21H20N2O6S. The maximum atomic E-state index is 12.8. The van der Waals surface area contributed by atoms with E-state index < -0.39 is 22.8 Å². The number of amides is 1. The summed E-state index contributed by atoms with van der Waals surface area (Å²) in [6.07, 6.45) is 1.29. The summed E-state index contributed by atoms with van der Waals surface area (Å²) in [5, 5.41) is 11.2. The topological polar surface area (TPSA) is 107 Å². The van der Waals surface area contributed by atoms with Crippen molar-refractivity contribution in [2.45, 2.75) is 31.3 Å². The summed E-state index contributed by atoms with van der Waals surface area (Å²) < 4.78 is 5.25. The molecule has 1 unspecified atom stereocenters. The highest BCUT2D eigenvalue weighted by atomic mass is 32.2. The van der Waals surface area contributed by atoms with Gasteiger partial charge in [0.1, 0.15) is 5.56 Å². The van der Waals surface area contributed by atoms with Gasteiger partial charge in [0.2, 0.25) is 11.7 Å². The van der Waals surface area contributed by atoms with Gasteiger partial charge in [-0.2, -0.15) is 0 Å². The fourth-order valence-electron chi connectivity index (χ4n) is 3.36. The number of hydrogen-bond donors (Lipinski definition) is 0. The van der Waals surface area contributed by atoms with Crippen molar-refractivity contribution in [3.63, 3.8) is 0 Å². The van der Waals surface area contributed by atoms with E-state index in [0.717, 1.165) is 11.3 Å². The van der Waals surface area contributed by atoms with Gasteiger partial charge in [-0.3, -0.25) is 19.7 Å². The van der Waals surface area contributed by atoms with Crippen molar-refractivity contribution in [3.8, 4) is 0 Å². The minimum atomic E-state index is -1.13. The van der Waals surface area contributed by atoms with Crippen LogP contribution in [0, 0.1) is 10.1 Å². The molecule has 0 N–H and O–H groups in total. The summed E-state index contributed by atoms with van der Waals surface area (Å²) >= 11 is 1.33. The zero-order chi connectivity index (χ0) is 22.0. The number of ether oxygens (including phenoxy) is 1. The lowest BCUT2D eigenvalue weighted by molar-refractivity contribution is -0.385. The summed E-state index contributed by atoms with van der Waals surface area (Å²) in [6, 6.07) is 9.16. The highest BCUT2D eigenvalue weighted by Crippen LogP contribution is 2.30. The first kappa shape index (κ1) is 21.5. The first-order valence-corrected chi connectivity index (χ1v) is 10.4. The number of hydrogen-bond acceptors (Lipinski definition) is 7. The number of benzene rings is 2. The molecule has 2 aromatic rings. The molecule has 1 aliphatic heterocycles. The third kappa shape index (κ3) is 4.20. The van der Waals surface area contributed by atoms with E-state index in [2.05, 4.69) is 0 Å². The van der Waals surface area contributed by atoms with Crippen molar-refractivity contribution in [1.29, 1.82) is 0 Å². The van der Waals surface area contributed by atoms with Crippen LogP contribution in [0.1, 0.15) is 40.1 Å². The minimum Gasteiger partial charge on any atom is -0.450 e. The van der Waals surface area contributed by atoms with Gasteiger partial charge >= 0.3 is 5.97 Å². The van der Waals surface area contributed by atoms with Gasteiger partial charge < -0.3 is 9.64 Å². The second-order valence-electron chi connectivity index (χ2n) is 6.82. The average molecular weight is 428 g/mol. The molecule has 0 saturated carbocycles. The molecule has 0 radical (unpaired) electrons. The van der Waals surface area contributed by atoms with Crippen molar-refractivity contribution < 1.29 is 24.0 Å². The number of anilines is 1. The Morgan fingerprint density at radius 2 is 1.93 bits per heavy atom. The van der Waals surface area contributed by atoms with Crippen molar-refractivity contribution in [3.05, 3.63) is 63.2 Å². The number of Topliss-reactive ketones (excluding diaryl/α,β-unsaturated/α-hetero) is 1. The van der Waals surface area contributed by atoms with Gasteiger partial charge in [0.05, 0.1) is 4.92 Å². The smallest absolute Gasteiger partial charge is 0.345 e. The van der Waals surface area contributed by atoms with E-state index in [1.54, 1.807) is 35.4 Å². The number of esters is 1. The number of nitrogens with zero attached hydrogens (tertiary/aromatic N) is 2. The predicted octanol–water partition coefficient (Wildman–Crippen LogP) is 3.65. The van der Waals surface area contributed by atoms with Gasteiger partial charge in [-0.1, -0.05) is 0 Å². The van der Waals surface area contributed by atoms with E-state index >= 15 is 0 Å². The summed E-state index contributed by atoms with van der Waals surface area (Å²) in [4.78, 5) is 49.9. The molecule has 0 aromatic heterocycles. The first-order chi connectivity index (χ1) is 14.2. The zero-order valence-corrected chi connectivity index (χ0v) is 17.5. The molecule has 9 heteroatoms. The normalized spacial score (nSPS) is 13.5. The molecule has 1 atom stereocenters. The molecule has 0 fully saturated rings. The molecule has 156 valence electrons. The molecule has 30 heavy (non-hydrogen) atoms. The lowest BCUT2D eigenvalue weighted by atomic mass is 10.0. The highest BCUT2D eigenvalue weighted by molar-refractivity contribution is 7.98. The third-order valence-corrected chi connectivity index (χ3v) is 5.64. The van der Waals surface area contributed by atoms with Crippen LogP contribution in [-0.2, 0) is 16.0 Å². The Hall–Kier alpha value is -3.20. The molecule has 0 spiro atoms. The molecule has 0 aliphatic carbocycles. The van der Waals surface area contributed by atoms with Crippen LogP contribution in [0.3, 0.4) is 0 Å². The minimum absolute atomic E-state index is 0.0656. The van der Waals surface area contributed by atoms with Crippen molar-refractivity contribution in [2.24, 2.45) is 0 Å². The van der Waals surface area contributed by atoms with Crippen molar-refractivity contribution in [1.82, 2.24) is 0 Å². The Morgan fingerprint density at radius 1 is 1.20 bits per heavy atom. The van der Waals surface area contributed by atoms with Crippen LogP contribution in [0.2, 0.25) is 0 Å². The number of nitro benzene ring substituents is 1. The van der Waals surface area contributed by atoms with E-state index in [4.69, 9.17) is 4.74 Å². The highest BCUT2D eigenvalue weighted by Gasteiger charge is 2.28. The Labute approximate surface area is 177 Å². The molecule has 1 aliphatic rings. The summed E-state index contributed by atoms with van der Waals surface area (Å²) in [5.74, 6) is -1.41. The number of thioether (sulfide) groups is 1. The van der Waals surface area contributed by atoms with Crippen LogP contribution in [0.25, 0.3) is 0 Å². The number of nitro groups is 1. The number of carbonyl (C=O) groups excluding carboxylic acids is 3.